The zero-order valence-corrected chi connectivity index (χ0v) is 13.0. The normalized spacial score (nSPS) is 10.2. The highest BCUT2D eigenvalue weighted by Crippen LogP contribution is 2.33. The molecular weight excluding hydrogens is 365 g/mol. The molecular formula is C13H6Cl2N3O6-. The van der Waals surface area contributed by atoms with Crippen LogP contribution in [0, 0.1) is 20.2 Å². The number of nitrogens with zero attached hydrogens (tertiary/aromatic N) is 2. The highest BCUT2D eigenvalue weighted by Gasteiger charge is 2.22. The number of hydrogen-bond acceptors (Lipinski definition) is 6. The van der Waals surface area contributed by atoms with E-state index < -0.39 is 38.4 Å². The molecule has 0 heterocycles. The van der Waals surface area contributed by atoms with Crippen LogP contribution >= 0.6 is 23.2 Å². The van der Waals surface area contributed by atoms with Gasteiger partial charge in [0.05, 0.1) is 26.6 Å². The molecule has 1 amide bonds. The first-order valence-electron chi connectivity index (χ1n) is 6.11. The van der Waals surface area contributed by atoms with Gasteiger partial charge in [-0.05, 0) is 23.9 Å². The summed E-state index contributed by atoms with van der Waals surface area (Å²) in [5, 5.41) is 36.2. The van der Waals surface area contributed by atoms with E-state index in [9.17, 15) is 30.1 Å². The third-order valence-electron chi connectivity index (χ3n) is 2.88. The van der Waals surface area contributed by atoms with E-state index in [1.54, 1.807) is 0 Å². The van der Waals surface area contributed by atoms with Gasteiger partial charge in [-0.25, -0.2) is 0 Å². The molecule has 0 aliphatic carbocycles. The molecule has 0 bridgehead atoms. The Labute approximate surface area is 143 Å². The third kappa shape index (κ3) is 3.53. The van der Waals surface area contributed by atoms with Crippen LogP contribution in [0.25, 0.3) is 0 Å². The highest BCUT2D eigenvalue weighted by atomic mass is 35.5. The molecule has 2 aromatic rings. The monoisotopic (exact) mass is 370 g/mol. The average Bonchev–Trinajstić information content (AvgIpc) is 2.50. The number of amides is 1. The van der Waals surface area contributed by atoms with Gasteiger partial charge in [0.25, 0.3) is 17.3 Å². The van der Waals surface area contributed by atoms with Crippen LogP contribution in [-0.4, -0.2) is 15.8 Å². The third-order valence-corrected chi connectivity index (χ3v) is 3.45. The molecule has 0 atom stereocenters. The van der Waals surface area contributed by atoms with Crippen LogP contribution in [0.3, 0.4) is 0 Å². The van der Waals surface area contributed by atoms with Crippen molar-refractivity contribution in [1.29, 1.82) is 0 Å². The molecule has 9 nitrogen and oxygen atoms in total. The maximum Gasteiger partial charge on any atom is 0.277 e. The Morgan fingerprint density at radius 1 is 1.04 bits per heavy atom. The summed E-state index contributed by atoms with van der Waals surface area (Å²) in [5.74, 6) is -2.34. The molecule has 0 aromatic heterocycles. The SMILES string of the molecule is O=C(Nc1cc(Cl)ccc1Cl)c1cc([N+](=O)[O-])cc([N+](=O)[O-])c1[O-]. The van der Waals surface area contributed by atoms with Gasteiger partial charge in [0.15, 0.2) is 0 Å². The molecule has 2 rings (SSSR count). The van der Waals surface area contributed by atoms with Crippen LogP contribution < -0.4 is 10.4 Å². The minimum atomic E-state index is -1.25. The van der Waals surface area contributed by atoms with E-state index in [4.69, 9.17) is 23.2 Å². The smallest absolute Gasteiger partial charge is 0.277 e. The topological polar surface area (TPSA) is 138 Å². The molecule has 0 unspecified atom stereocenters. The Balaban J connectivity index is 2.50. The lowest BCUT2D eigenvalue weighted by molar-refractivity contribution is -0.403. The summed E-state index contributed by atoms with van der Waals surface area (Å²) < 4.78 is 0. The lowest BCUT2D eigenvalue weighted by Crippen LogP contribution is -2.16. The minimum Gasteiger partial charge on any atom is -0.867 e. The molecule has 0 aliphatic heterocycles. The molecule has 24 heavy (non-hydrogen) atoms. The fourth-order valence-corrected chi connectivity index (χ4v) is 2.13. The number of anilines is 1. The van der Waals surface area contributed by atoms with Crippen molar-refractivity contribution in [3.8, 4) is 5.75 Å². The first-order chi connectivity index (χ1) is 11.2. The van der Waals surface area contributed by atoms with Gasteiger partial charge >= 0.3 is 0 Å². The molecule has 0 aliphatic rings. The molecule has 0 radical (unpaired) electrons. The van der Waals surface area contributed by atoms with Crippen molar-refractivity contribution in [2.24, 2.45) is 0 Å². The lowest BCUT2D eigenvalue weighted by Gasteiger charge is -2.14. The van der Waals surface area contributed by atoms with Gasteiger partial charge in [-0.1, -0.05) is 23.2 Å². The number of nitro benzene ring substituents is 2. The largest absolute Gasteiger partial charge is 0.867 e. The fraction of sp³-hybridized carbons (Fsp3) is 0. The summed E-state index contributed by atoms with van der Waals surface area (Å²) in [7, 11) is 0. The number of carbonyl (C=O) groups is 1. The number of hydrogen-bond donors (Lipinski definition) is 1. The van der Waals surface area contributed by atoms with Crippen LogP contribution in [0.15, 0.2) is 30.3 Å². The first kappa shape index (κ1) is 17.4. The second-order valence-corrected chi connectivity index (χ2v) is 5.28. The van der Waals surface area contributed by atoms with Crippen LogP contribution in [0.1, 0.15) is 10.4 Å². The summed E-state index contributed by atoms with van der Waals surface area (Å²) in [6.45, 7) is 0. The summed E-state index contributed by atoms with van der Waals surface area (Å²) in [6.07, 6.45) is 0. The Hall–Kier alpha value is -2.91. The van der Waals surface area contributed by atoms with Gasteiger partial charge < -0.3 is 10.4 Å². The molecule has 0 saturated carbocycles. The Morgan fingerprint density at radius 2 is 1.71 bits per heavy atom. The van der Waals surface area contributed by atoms with Crippen LogP contribution in [-0.2, 0) is 0 Å². The average molecular weight is 371 g/mol. The maximum absolute atomic E-state index is 12.2. The van der Waals surface area contributed by atoms with E-state index in [0.717, 1.165) is 0 Å². The fourth-order valence-electron chi connectivity index (χ4n) is 1.79. The number of nitro groups is 2. The van der Waals surface area contributed by atoms with Crippen molar-refractivity contribution >= 4 is 46.2 Å². The van der Waals surface area contributed by atoms with Gasteiger partial charge in [0, 0.05) is 16.7 Å². The van der Waals surface area contributed by atoms with E-state index in [0.29, 0.717) is 12.1 Å². The van der Waals surface area contributed by atoms with Crippen molar-refractivity contribution in [2.75, 3.05) is 5.32 Å². The summed E-state index contributed by atoms with van der Waals surface area (Å²) >= 11 is 11.6. The summed E-state index contributed by atoms with van der Waals surface area (Å²) in [4.78, 5) is 31.8. The molecule has 0 fully saturated rings. The van der Waals surface area contributed by atoms with Crippen molar-refractivity contribution < 1.29 is 19.7 Å². The van der Waals surface area contributed by atoms with E-state index in [1.807, 2.05) is 0 Å². The molecule has 0 spiro atoms. The van der Waals surface area contributed by atoms with E-state index in [2.05, 4.69) is 5.32 Å². The van der Waals surface area contributed by atoms with Crippen molar-refractivity contribution in [3.05, 3.63) is 66.2 Å². The number of rotatable bonds is 4. The van der Waals surface area contributed by atoms with E-state index >= 15 is 0 Å². The standard InChI is InChI=1S/C13H7Cl2N3O6/c14-6-1-2-9(15)10(3-6)16-13(20)8-4-7(17(21)22)5-11(12(8)19)18(23)24/h1-5,19H,(H,16,20)/p-1. The van der Waals surface area contributed by atoms with Gasteiger partial charge in [-0.3, -0.25) is 25.0 Å². The van der Waals surface area contributed by atoms with Crippen LogP contribution in [0.5, 0.6) is 5.75 Å². The lowest BCUT2D eigenvalue weighted by atomic mass is 10.1. The maximum atomic E-state index is 12.2. The molecule has 1 N–H and O–H groups in total. The summed E-state index contributed by atoms with van der Waals surface area (Å²) in [6, 6.07) is 5.27. The van der Waals surface area contributed by atoms with Gasteiger partial charge in [-0.2, -0.15) is 0 Å². The Kier molecular flexibility index (Phi) is 4.86. The van der Waals surface area contributed by atoms with Crippen molar-refractivity contribution in [2.45, 2.75) is 0 Å². The molecule has 124 valence electrons. The first-order valence-corrected chi connectivity index (χ1v) is 6.86. The van der Waals surface area contributed by atoms with Crippen LogP contribution in [0.2, 0.25) is 10.0 Å². The zero-order chi connectivity index (χ0) is 18.0. The van der Waals surface area contributed by atoms with E-state index in [-0.39, 0.29) is 15.7 Å². The van der Waals surface area contributed by atoms with Gasteiger partial charge in [0.1, 0.15) is 0 Å². The molecule has 2 aromatic carbocycles. The van der Waals surface area contributed by atoms with Gasteiger partial charge in [0.2, 0.25) is 0 Å². The Bertz CT molecular complexity index is 871. The quantitative estimate of drug-likeness (QED) is 0.647. The molecule has 11 heteroatoms. The zero-order valence-electron chi connectivity index (χ0n) is 11.5. The number of carbonyl (C=O) groups excluding carboxylic acids is 1. The second-order valence-electron chi connectivity index (χ2n) is 4.43. The van der Waals surface area contributed by atoms with Gasteiger partial charge in [-0.15, -0.1) is 0 Å². The Morgan fingerprint density at radius 3 is 2.29 bits per heavy atom. The predicted octanol–water partition coefficient (Wildman–Crippen LogP) is 3.14. The highest BCUT2D eigenvalue weighted by molar-refractivity contribution is 6.36. The number of halogens is 2. The predicted molar refractivity (Wildman–Crippen MR) is 83.6 cm³/mol. The van der Waals surface area contributed by atoms with Crippen molar-refractivity contribution in [1.82, 2.24) is 0 Å². The van der Waals surface area contributed by atoms with Crippen molar-refractivity contribution in [3.63, 3.8) is 0 Å². The number of nitrogens with one attached hydrogen (secondary N) is 1. The van der Waals surface area contributed by atoms with E-state index in [1.165, 1.54) is 18.2 Å². The number of non-ortho nitro benzene ring substituents is 1. The minimum absolute atomic E-state index is 0.0442. The number of benzene rings is 2. The summed E-state index contributed by atoms with van der Waals surface area (Å²) in [5.41, 5.74) is -2.55. The molecule has 0 saturated heterocycles. The van der Waals surface area contributed by atoms with Crippen LogP contribution in [0.4, 0.5) is 17.1 Å². The second kappa shape index (κ2) is 6.69.